The molecular formula is C35H41ClN4O3. The van der Waals surface area contributed by atoms with Gasteiger partial charge in [0.15, 0.2) is 0 Å². The summed E-state index contributed by atoms with van der Waals surface area (Å²) in [5.74, 6) is 0.104. The number of carbonyl (C=O) groups excluding carboxylic acids is 2. The second-order valence-corrected chi connectivity index (χ2v) is 11.6. The molecule has 4 aromatic rings. The monoisotopic (exact) mass is 600 g/mol. The fraction of sp³-hybridized carbons (Fsp3) is 0.371. The van der Waals surface area contributed by atoms with Crippen LogP contribution in [0.15, 0.2) is 78.9 Å². The number of phenolic OH excluding ortho intramolecular Hbond substituents is 1. The third kappa shape index (κ3) is 6.29. The first-order valence-electron chi connectivity index (χ1n) is 15.3. The van der Waals surface area contributed by atoms with Crippen LogP contribution in [-0.4, -0.2) is 58.6 Å². The highest BCUT2D eigenvalue weighted by Crippen LogP contribution is 2.42. The maximum Gasteiger partial charge on any atom is 0.268 e. The third-order valence-electron chi connectivity index (χ3n) is 8.96. The fourth-order valence-corrected chi connectivity index (χ4v) is 6.87. The molecule has 0 bridgehead atoms. The van der Waals surface area contributed by atoms with Gasteiger partial charge in [-0.25, -0.2) is 0 Å². The molecule has 2 aliphatic rings. The van der Waals surface area contributed by atoms with Crippen LogP contribution in [0.4, 0.5) is 0 Å². The number of hydrogen-bond donors (Lipinski definition) is 3. The van der Waals surface area contributed by atoms with Gasteiger partial charge in [0, 0.05) is 60.5 Å². The van der Waals surface area contributed by atoms with E-state index in [1.165, 1.54) is 0 Å². The Morgan fingerprint density at radius 1 is 1.00 bits per heavy atom. The van der Waals surface area contributed by atoms with Crippen LogP contribution >= 0.6 is 12.4 Å². The predicted molar refractivity (Wildman–Crippen MR) is 173 cm³/mol. The molecule has 2 fully saturated rings. The molecule has 0 saturated carbocycles. The summed E-state index contributed by atoms with van der Waals surface area (Å²) in [6.45, 7) is 5.17. The summed E-state index contributed by atoms with van der Waals surface area (Å²) in [4.78, 5) is 28.4. The topological polar surface area (TPSA) is 86.6 Å². The van der Waals surface area contributed by atoms with Crippen LogP contribution in [0.3, 0.4) is 0 Å². The smallest absolute Gasteiger partial charge is 0.268 e. The molecule has 0 spiro atoms. The van der Waals surface area contributed by atoms with Gasteiger partial charge in [-0.3, -0.25) is 9.59 Å². The van der Waals surface area contributed by atoms with Crippen LogP contribution in [0.2, 0.25) is 0 Å². The van der Waals surface area contributed by atoms with Crippen molar-refractivity contribution < 1.29 is 14.7 Å². The lowest BCUT2D eigenvalue weighted by Crippen LogP contribution is -2.35. The SMILES string of the molecule is CC(C1CCCN1)n1c(C(=O)NCCCN2CCCC2=O)c(C(c2ccccc2)c2ccc(O)cc2)c2ccccc21.Cl. The zero-order chi connectivity index (χ0) is 29.1. The summed E-state index contributed by atoms with van der Waals surface area (Å²) in [5, 5.41) is 18.1. The molecule has 8 heteroatoms. The minimum absolute atomic E-state index is 0. The number of hydrogen-bond acceptors (Lipinski definition) is 4. The molecule has 2 amide bonds. The van der Waals surface area contributed by atoms with Crippen molar-refractivity contribution in [3.8, 4) is 5.75 Å². The predicted octanol–water partition coefficient (Wildman–Crippen LogP) is 6.00. The molecule has 3 heterocycles. The first-order valence-corrected chi connectivity index (χ1v) is 15.3. The van der Waals surface area contributed by atoms with Crippen molar-refractivity contribution in [1.82, 2.24) is 20.1 Å². The Morgan fingerprint density at radius 2 is 1.72 bits per heavy atom. The summed E-state index contributed by atoms with van der Waals surface area (Å²) in [7, 11) is 0. The van der Waals surface area contributed by atoms with Gasteiger partial charge in [0.1, 0.15) is 11.4 Å². The number of phenols is 1. The molecule has 3 unspecified atom stereocenters. The lowest BCUT2D eigenvalue weighted by atomic mass is 9.83. The maximum absolute atomic E-state index is 14.4. The summed E-state index contributed by atoms with van der Waals surface area (Å²) < 4.78 is 2.25. The average Bonchev–Trinajstić information content (AvgIpc) is 3.77. The van der Waals surface area contributed by atoms with Gasteiger partial charge in [0.25, 0.3) is 5.91 Å². The number of rotatable bonds is 10. The Balaban J connectivity index is 0.00000368. The van der Waals surface area contributed by atoms with Crippen LogP contribution in [0.1, 0.15) is 78.2 Å². The van der Waals surface area contributed by atoms with Crippen LogP contribution in [-0.2, 0) is 4.79 Å². The van der Waals surface area contributed by atoms with Crippen molar-refractivity contribution in [3.05, 3.63) is 101 Å². The van der Waals surface area contributed by atoms with E-state index in [2.05, 4.69) is 46.4 Å². The molecular weight excluding hydrogens is 560 g/mol. The summed E-state index contributed by atoms with van der Waals surface area (Å²) >= 11 is 0. The fourth-order valence-electron chi connectivity index (χ4n) is 6.87. The van der Waals surface area contributed by atoms with Crippen molar-refractivity contribution in [2.75, 3.05) is 26.2 Å². The average molecular weight is 601 g/mol. The molecule has 226 valence electrons. The summed E-state index contributed by atoms with van der Waals surface area (Å²) in [6, 6.07) is 26.3. The number of aromatic nitrogens is 1. The van der Waals surface area contributed by atoms with Gasteiger partial charge >= 0.3 is 0 Å². The zero-order valence-electron chi connectivity index (χ0n) is 24.7. The number of nitrogens with one attached hydrogen (secondary N) is 2. The number of amides is 2. The van der Waals surface area contributed by atoms with E-state index in [9.17, 15) is 14.7 Å². The largest absolute Gasteiger partial charge is 0.508 e. The number of benzene rings is 3. The van der Waals surface area contributed by atoms with E-state index < -0.39 is 0 Å². The van der Waals surface area contributed by atoms with Gasteiger partial charge in [0.05, 0.1) is 0 Å². The molecule has 3 atom stereocenters. The van der Waals surface area contributed by atoms with Crippen molar-refractivity contribution in [1.29, 1.82) is 0 Å². The number of para-hydroxylation sites is 1. The second-order valence-electron chi connectivity index (χ2n) is 11.6. The van der Waals surface area contributed by atoms with E-state index in [0.29, 0.717) is 31.6 Å². The quantitative estimate of drug-likeness (QED) is 0.195. The molecule has 3 aromatic carbocycles. The number of nitrogens with zero attached hydrogens (tertiary/aromatic N) is 2. The molecule has 3 N–H and O–H groups in total. The van der Waals surface area contributed by atoms with Gasteiger partial charge in [-0.15, -0.1) is 12.4 Å². The van der Waals surface area contributed by atoms with Crippen molar-refractivity contribution in [2.24, 2.45) is 0 Å². The molecule has 0 aliphatic carbocycles. The van der Waals surface area contributed by atoms with Crippen molar-refractivity contribution >= 4 is 35.1 Å². The van der Waals surface area contributed by atoms with Gasteiger partial charge in [-0.1, -0.05) is 60.7 Å². The molecule has 6 rings (SSSR count). The molecule has 0 radical (unpaired) electrons. The van der Waals surface area contributed by atoms with E-state index in [1.807, 2.05) is 47.4 Å². The van der Waals surface area contributed by atoms with E-state index >= 15 is 0 Å². The Bertz CT molecular complexity index is 1550. The minimum atomic E-state index is -0.218. The first kappa shape index (κ1) is 30.6. The van der Waals surface area contributed by atoms with Crippen LogP contribution < -0.4 is 10.6 Å². The third-order valence-corrected chi connectivity index (χ3v) is 8.96. The van der Waals surface area contributed by atoms with Gasteiger partial charge in [-0.2, -0.15) is 0 Å². The second kappa shape index (κ2) is 13.7. The van der Waals surface area contributed by atoms with Crippen molar-refractivity contribution in [3.63, 3.8) is 0 Å². The Labute approximate surface area is 259 Å². The molecule has 2 aliphatic heterocycles. The summed E-state index contributed by atoms with van der Waals surface area (Å²) in [5.41, 5.74) is 4.78. The van der Waals surface area contributed by atoms with Crippen LogP contribution in [0.25, 0.3) is 10.9 Å². The highest BCUT2D eigenvalue weighted by Gasteiger charge is 2.34. The molecule has 2 saturated heterocycles. The highest BCUT2D eigenvalue weighted by molar-refractivity contribution is 6.03. The van der Waals surface area contributed by atoms with E-state index in [1.54, 1.807) is 12.1 Å². The van der Waals surface area contributed by atoms with E-state index in [4.69, 9.17) is 0 Å². The Kier molecular flexibility index (Phi) is 9.73. The van der Waals surface area contributed by atoms with Crippen LogP contribution in [0.5, 0.6) is 5.75 Å². The number of likely N-dealkylation sites (tertiary alicyclic amines) is 1. The van der Waals surface area contributed by atoms with Crippen LogP contribution in [0, 0.1) is 0 Å². The highest BCUT2D eigenvalue weighted by atomic mass is 35.5. The number of aromatic hydroxyl groups is 1. The lowest BCUT2D eigenvalue weighted by molar-refractivity contribution is -0.127. The lowest BCUT2D eigenvalue weighted by Gasteiger charge is -2.26. The Hall–Kier alpha value is -3.81. The van der Waals surface area contributed by atoms with E-state index in [-0.39, 0.29) is 48.0 Å². The maximum atomic E-state index is 14.4. The van der Waals surface area contributed by atoms with Crippen molar-refractivity contribution in [2.45, 2.75) is 57.0 Å². The molecule has 43 heavy (non-hydrogen) atoms. The number of carbonyl (C=O) groups is 2. The molecule has 1 aromatic heterocycles. The van der Waals surface area contributed by atoms with Gasteiger partial charge < -0.3 is 25.2 Å². The zero-order valence-corrected chi connectivity index (χ0v) is 25.5. The summed E-state index contributed by atoms with van der Waals surface area (Å²) in [6.07, 6.45) is 4.44. The van der Waals surface area contributed by atoms with Gasteiger partial charge in [0.2, 0.25) is 5.91 Å². The molecule has 7 nitrogen and oxygen atoms in total. The normalized spacial score (nSPS) is 18.0. The number of halogens is 1. The Morgan fingerprint density at radius 3 is 2.42 bits per heavy atom. The number of fused-ring (bicyclic) bond motifs is 1. The first-order chi connectivity index (χ1) is 20.5. The van der Waals surface area contributed by atoms with E-state index in [0.717, 1.165) is 59.9 Å². The minimum Gasteiger partial charge on any atom is -0.508 e. The van der Waals surface area contributed by atoms with Gasteiger partial charge in [-0.05, 0) is 68.5 Å². The standard InChI is InChI=1S/C35H40N4O3.ClH/c1-24(29-13-7-20-36-29)39-30-14-6-5-12-28(30)33(34(39)35(42)37-21-9-23-38-22-8-15-31(38)41)32(25-10-3-2-4-11-25)26-16-18-27(40)19-17-26;/h2-6,10-12,14,16-19,24,29,32,36,40H,7-9,13,15,20-23H2,1H3,(H,37,42);1H.